The van der Waals surface area contributed by atoms with Gasteiger partial charge < -0.3 is 0 Å². The maximum atomic E-state index is 3.37. The second-order valence-electron chi connectivity index (χ2n) is 17.5. The molecule has 0 spiro atoms. The molecule has 2 heteroatoms. The summed E-state index contributed by atoms with van der Waals surface area (Å²) >= 11 is 3.64. The van der Waals surface area contributed by atoms with E-state index in [1.54, 1.807) is 0 Å². The molecule has 0 fully saturated rings. The third-order valence-electron chi connectivity index (χ3n) is 14.4. The zero-order valence-electron chi connectivity index (χ0n) is 34.4. The quantitative estimate of drug-likeness (QED) is 0.122. The molecule has 0 bridgehead atoms. The van der Waals surface area contributed by atoms with Gasteiger partial charge in [-0.25, -0.2) is 0 Å². The van der Waals surface area contributed by atoms with Crippen LogP contribution >= 0.6 is 0 Å². The van der Waals surface area contributed by atoms with Gasteiger partial charge in [0, 0.05) is 0 Å². The van der Waals surface area contributed by atoms with E-state index in [9.17, 15) is 0 Å². The Kier molecular flexibility index (Phi) is 7.21. The molecule has 1 heterocycles. The molecular weight excluding hydrogens is 903 g/mol. The number of fused-ring (bicyclic) bond motifs is 14. The maximum absolute atomic E-state index is 3.37. The van der Waals surface area contributed by atoms with E-state index in [1.165, 1.54) is 151 Å². The summed E-state index contributed by atoms with van der Waals surface area (Å²) in [5.74, 6) is 0. The Hall–Kier alpha value is -7.02. The van der Waals surface area contributed by atoms with Gasteiger partial charge in [-0.05, 0) is 0 Å². The molecule has 2 aliphatic rings. The summed E-state index contributed by atoms with van der Waals surface area (Å²) in [7, 11) is 0. The Morgan fingerprint density at radius 2 is 0.688 bits per heavy atom. The third kappa shape index (κ3) is 4.63. The zero-order chi connectivity index (χ0) is 41.8. The van der Waals surface area contributed by atoms with Gasteiger partial charge in [-0.15, -0.1) is 0 Å². The Bertz CT molecular complexity index is 4250. The molecule has 1 radical (unpaired) electrons. The van der Waals surface area contributed by atoms with E-state index >= 15 is 0 Å². The fourth-order valence-electron chi connectivity index (χ4n) is 11.9. The van der Waals surface area contributed by atoms with Crippen LogP contribution in [0.4, 0.5) is 0 Å². The van der Waals surface area contributed by atoms with E-state index < -0.39 is 0 Å². The van der Waals surface area contributed by atoms with Gasteiger partial charge in [-0.3, -0.25) is 0 Å². The van der Waals surface area contributed by atoms with Crippen molar-refractivity contribution >= 4 is 108 Å². The SMILES string of the molecule is [Se]c1ccccc1-c1ccccc1-c1c2c(cc3c1ccc1c4cc5c(c(-c6cccc7[se]c8ccccc8c67)c4ccc31)-c1cccc3cccc-5c13)-c1cccc3cccc-2c13. The van der Waals surface area contributed by atoms with E-state index in [4.69, 9.17) is 0 Å². The molecule has 0 saturated carbocycles. The molecule has 64 heavy (non-hydrogen) atoms. The molecule has 293 valence electrons. The van der Waals surface area contributed by atoms with Crippen molar-refractivity contribution in [1.82, 2.24) is 0 Å². The molecular formula is C62H33Se2. The van der Waals surface area contributed by atoms with Crippen LogP contribution in [0.3, 0.4) is 0 Å². The van der Waals surface area contributed by atoms with Crippen LogP contribution in [-0.2, 0) is 0 Å². The van der Waals surface area contributed by atoms with Crippen molar-refractivity contribution < 1.29 is 0 Å². The van der Waals surface area contributed by atoms with Crippen LogP contribution in [0.25, 0.3) is 151 Å². The van der Waals surface area contributed by atoms with Crippen LogP contribution in [0.15, 0.2) is 200 Å². The van der Waals surface area contributed by atoms with Crippen molar-refractivity contribution in [3.63, 3.8) is 0 Å². The Morgan fingerprint density at radius 3 is 1.30 bits per heavy atom. The van der Waals surface area contributed by atoms with Crippen LogP contribution in [0.2, 0.25) is 0 Å². The van der Waals surface area contributed by atoms with Crippen LogP contribution in [-0.4, -0.2) is 30.5 Å². The standard InChI is InChI=1S/C62H33Se2/c63-53-25-5-3-17-39(53)36-16-1-2-18-40(36)59-43-30-28-38-37(49(43)32-51-41-20-7-12-34-14-9-22-46(56(34)41)61(51)59)29-31-44-50(38)33-52-42-21-8-13-35-15-10-23-47(57(35)42)62(52)60(44)48-24-11-27-55-58(48)45-19-4-6-26-54(45)64-55/h1-33H. The second kappa shape index (κ2) is 13.0. The van der Waals surface area contributed by atoms with E-state index in [1.807, 2.05) is 0 Å². The third-order valence-corrected chi connectivity index (χ3v) is 17.5. The van der Waals surface area contributed by atoms with Crippen molar-refractivity contribution in [2.24, 2.45) is 0 Å². The van der Waals surface area contributed by atoms with Gasteiger partial charge in [-0.2, -0.15) is 0 Å². The summed E-state index contributed by atoms with van der Waals surface area (Å²) in [4.78, 5) is 0. The molecule has 0 unspecified atom stereocenters. The molecule has 0 amide bonds. The summed E-state index contributed by atoms with van der Waals surface area (Å²) in [6.07, 6.45) is 0. The van der Waals surface area contributed by atoms with Gasteiger partial charge in [0.15, 0.2) is 0 Å². The van der Waals surface area contributed by atoms with Crippen LogP contribution < -0.4 is 4.46 Å². The fourth-order valence-corrected chi connectivity index (χ4v) is 14.8. The van der Waals surface area contributed by atoms with Gasteiger partial charge in [-0.1, -0.05) is 0 Å². The predicted molar refractivity (Wildman–Crippen MR) is 276 cm³/mol. The summed E-state index contributed by atoms with van der Waals surface area (Å²) in [5.41, 5.74) is 18.3. The zero-order valence-corrected chi connectivity index (χ0v) is 37.8. The summed E-state index contributed by atoms with van der Waals surface area (Å²) < 4.78 is 4.10. The number of rotatable bonds is 3. The van der Waals surface area contributed by atoms with E-state index in [2.05, 4.69) is 216 Å². The van der Waals surface area contributed by atoms with Crippen molar-refractivity contribution in [1.29, 1.82) is 0 Å². The van der Waals surface area contributed by atoms with E-state index in [0.717, 1.165) is 4.46 Å². The first kappa shape index (κ1) is 35.4. The van der Waals surface area contributed by atoms with Crippen LogP contribution in [0.1, 0.15) is 0 Å². The molecule has 0 aliphatic heterocycles. The van der Waals surface area contributed by atoms with E-state index in [-0.39, 0.29) is 14.5 Å². The van der Waals surface area contributed by atoms with Gasteiger partial charge in [0.25, 0.3) is 0 Å². The number of hydrogen-bond acceptors (Lipinski definition) is 0. The van der Waals surface area contributed by atoms with Crippen molar-refractivity contribution in [2.45, 2.75) is 0 Å². The summed E-state index contributed by atoms with van der Waals surface area (Å²) in [5, 5.41) is 15.8. The fraction of sp³-hybridized carbons (Fsp3) is 0. The molecule has 12 aromatic carbocycles. The van der Waals surface area contributed by atoms with E-state index in [0.29, 0.717) is 0 Å². The number of hydrogen-bond donors (Lipinski definition) is 0. The topological polar surface area (TPSA) is 0 Å². The molecule has 2 aliphatic carbocycles. The van der Waals surface area contributed by atoms with Gasteiger partial charge in [0.2, 0.25) is 0 Å². The average molecular weight is 936 g/mol. The molecule has 13 aromatic rings. The molecule has 1 aromatic heterocycles. The van der Waals surface area contributed by atoms with Gasteiger partial charge in [0.1, 0.15) is 0 Å². The summed E-state index contributed by atoms with van der Waals surface area (Å²) in [6.45, 7) is 0. The van der Waals surface area contributed by atoms with Gasteiger partial charge in [0.05, 0.1) is 0 Å². The molecule has 0 saturated heterocycles. The molecule has 15 rings (SSSR count). The Balaban J connectivity index is 1.10. The molecule has 0 nitrogen and oxygen atoms in total. The minimum absolute atomic E-state index is 0.266. The van der Waals surface area contributed by atoms with Crippen LogP contribution in [0.5, 0.6) is 0 Å². The Labute approximate surface area is 383 Å². The van der Waals surface area contributed by atoms with Crippen LogP contribution in [0, 0.1) is 0 Å². The first-order chi connectivity index (χ1) is 31.7. The average Bonchev–Trinajstić information content (AvgIpc) is 4.00. The summed E-state index contributed by atoms with van der Waals surface area (Å²) in [6, 6.07) is 76.2. The Morgan fingerprint density at radius 1 is 0.250 bits per heavy atom. The number of benzene rings is 12. The van der Waals surface area contributed by atoms with Crippen molar-refractivity contribution in [3.8, 4) is 77.9 Å². The molecule has 0 atom stereocenters. The first-order valence-corrected chi connectivity index (χ1v) is 24.6. The minimum atomic E-state index is 0.266. The van der Waals surface area contributed by atoms with Crippen molar-refractivity contribution in [3.05, 3.63) is 200 Å². The van der Waals surface area contributed by atoms with Crippen molar-refractivity contribution in [2.75, 3.05) is 0 Å². The first-order valence-electron chi connectivity index (χ1n) is 22.0. The predicted octanol–water partition coefficient (Wildman–Crippen LogP) is 15.9. The monoisotopic (exact) mass is 937 g/mol. The van der Waals surface area contributed by atoms with Gasteiger partial charge >= 0.3 is 386 Å². The normalized spacial score (nSPS) is 12.4. The second-order valence-corrected chi connectivity index (χ2v) is 20.7. The molecule has 0 N–H and O–H groups in total.